The molecule has 1 N–H and O–H groups in total. The maximum Gasteiger partial charge on any atom is 0.361 e. The molecule has 0 radical (unpaired) electrons. The summed E-state index contributed by atoms with van der Waals surface area (Å²) in [4.78, 5) is 24.7. The number of nitrogens with one attached hydrogen (secondary N) is 1. The van der Waals surface area contributed by atoms with E-state index in [2.05, 4.69) is 9.72 Å². The number of esters is 1. The molecule has 0 fully saturated rings. The predicted molar refractivity (Wildman–Crippen MR) is 62.2 cm³/mol. The second-order valence-corrected chi connectivity index (χ2v) is 4.85. The number of rotatable bonds is 2. The van der Waals surface area contributed by atoms with Crippen molar-refractivity contribution in [2.45, 2.75) is 33.1 Å². The third-order valence-corrected chi connectivity index (χ3v) is 2.54. The van der Waals surface area contributed by atoms with E-state index in [1.165, 1.54) is 7.11 Å². The Morgan fingerprint density at radius 3 is 2.29 bits per heavy atom. The van der Waals surface area contributed by atoms with Crippen molar-refractivity contribution in [3.63, 3.8) is 0 Å². The largest absolute Gasteiger partial charge is 0.464 e. The summed E-state index contributed by atoms with van der Waals surface area (Å²) in [5.74, 6) is -0.727. The molecule has 1 aromatic rings. The highest BCUT2D eigenvalue weighted by Gasteiger charge is 2.33. The van der Waals surface area contributed by atoms with Crippen molar-refractivity contribution in [1.29, 1.82) is 0 Å². The van der Waals surface area contributed by atoms with Crippen LogP contribution in [0.2, 0.25) is 0 Å². The number of H-pyrrole nitrogens is 1. The zero-order valence-electron chi connectivity index (χ0n) is 10.6. The highest BCUT2D eigenvalue weighted by atomic mass is 16.6. The Morgan fingerprint density at radius 1 is 1.41 bits per heavy atom. The second-order valence-electron chi connectivity index (χ2n) is 4.85. The molecule has 6 nitrogen and oxygen atoms in total. The first-order valence-electron chi connectivity index (χ1n) is 5.16. The van der Waals surface area contributed by atoms with Crippen molar-refractivity contribution in [3.05, 3.63) is 27.1 Å². The van der Waals surface area contributed by atoms with E-state index in [4.69, 9.17) is 0 Å². The maximum absolute atomic E-state index is 11.5. The van der Waals surface area contributed by atoms with E-state index in [-0.39, 0.29) is 16.8 Å². The number of nitrogens with zero attached hydrogens (tertiary/aromatic N) is 1. The molecule has 0 aliphatic carbocycles. The van der Waals surface area contributed by atoms with Gasteiger partial charge in [0.25, 0.3) is 0 Å². The van der Waals surface area contributed by atoms with Crippen LogP contribution in [0.25, 0.3) is 0 Å². The van der Waals surface area contributed by atoms with Gasteiger partial charge in [0, 0.05) is 16.7 Å². The van der Waals surface area contributed by atoms with Crippen molar-refractivity contribution in [2.24, 2.45) is 0 Å². The first-order chi connectivity index (χ1) is 7.70. The van der Waals surface area contributed by atoms with Crippen LogP contribution in [0.4, 0.5) is 5.69 Å². The fraction of sp³-hybridized carbons (Fsp3) is 0.545. The fourth-order valence-electron chi connectivity index (χ4n) is 1.81. The van der Waals surface area contributed by atoms with Crippen LogP contribution in [0.1, 0.15) is 42.5 Å². The minimum atomic E-state index is -0.727. The number of nitro groups is 1. The molecule has 6 heteroatoms. The Morgan fingerprint density at radius 2 is 1.94 bits per heavy atom. The lowest BCUT2D eigenvalue weighted by Crippen LogP contribution is -2.13. The molecule has 0 unspecified atom stereocenters. The fourth-order valence-corrected chi connectivity index (χ4v) is 1.81. The van der Waals surface area contributed by atoms with E-state index in [0.717, 1.165) is 0 Å². The van der Waals surface area contributed by atoms with Crippen LogP contribution in [0.3, 0.4) is 0 Å². The number of aromatic amines is 1. The molecule has 1 rings (SSSR count). The highest BCUT2D eigenvalue weighted by Crippen LogP contribution is 2.33. The zero-order valence-corrected chi connectivity index (χ0v) is 10.6. The number of hydrogen-bond acceptors (Lipinski definition) is 4. The van der Waals surface area contributed by atoms with Crippen LogP contribution in [-0.2, 0) is 10.2 Å². The summed E-state index contributed by atoms with van der Waals surface area (Å²) in [6.45, 7) is 7.37. The molecule has 94 valence electrons. The highest BCUT2D eigenvalue weighted by molar-refractivity contribution is 5.93. The third kappa shape index (κ3) is 2.30. The van der Waals surface area contributed by atoms with Gasteiger partial charge in [-0.3, -0.25) is 10.1 Å². The number of carbonyl (C=O) groups excluding carboxylic acids is 1. The predicted octanol–water partition coefficient (Wildman–Crippen LogP) is 2.32. The van der Waals surface area contributed by atoms with Crippen molar-refractivity contribution >= 4 is 11.7 Å². The van der Waals surface area contributed by atoms with Crippen LogP contribution in [-0.4, -0.2) is 23.0 Å². The Kier molecular flexibility index (Phi) is 3.26. The summed E-state index contributed by atoms with van der Waals surface area (Å²) in [6.07, 6.45) is 0. The SMILES string of the molecule is COC(=O)c1[nH]c(C(C)(C)C)c(C)c1[N+](=O)[O-]. The van der Waals surface area contributed by atoms with Gasteiger partial charge in [-0.25, -0.2) is 4.79 Å². The first kappa shape index (κ1) is 13.2. The van der Waals surface area contributed by atoms with Gasteiger partial charge in [0.15, 0.2) is 0 Å². The molecule has 0 aliphatic rings. The molecule has 0 aliphatic heterocycles. The maximum atomic E-state index is 11.5. The lowest BCUT2D eigenvalue weighted by molar-refractivity contribution is -0.385. The van der Waals surface area contributed by atoms with Gasteiger partial charge in [0.1, 0.15) is 0 Å². The summed E-state index contributed by atoms with van der Waals surface area (Å²) in [5, 5.41) is 11.0. The second kappa shape index (κ2) is 4.20. The van der Waals surface area contributed by atoms with Crippen LogP contribution in [0.5, 0.6) is 0 Å². The van der Waals surface area contributed by atoms with Gasteiger partial charge in [0.05, 0.1) is 12.0 Å². The van der Waals surface area contributed by atoms with E-state index in [9.17, 15) is 14.9 Å². The Balaban J connectivity index is 3.51. The number of aromatic nitrogens is 1. The molecule has 1 aromatic heterocycles. The van der Waals surface area contributed by atoms with E-state index >= 15 is 0 Å². The molecule has 0 saturated heterocycles. The lowest BCUT2D eigenvalue weighted by atomic mass is 9.90. The lowest BCUT2D eigenvalue weighted by Gasteiger charge is -2.17. The Bertz CT molecular complexity index is 469. The summed E-state index contributed by atoms with van der Waals surface area (Å²) in [6, 6.07) is 0. The van der Waals surface area contributed by atoms with Gasteiger partial charge in [-0.15, -0.1) is 0 Å². The molecule has 0 saturated carbocycles. The Labute approximate surface area is 99.1 Å². The molecular weight excluding hydrogens is 224 g/mol. The number of hydrogen-bond donors (Lipinski definition) is 1. The molecule has 0 spiro atoms. The molecular formula is C11H16N2O4. The molecule has 1 heterocycles. The summed E-state index contributed by atoms with van der Waals surface area (Å²) in [5.41, 5.74) is 0.537. The average molecular weight is 240 g/mol. The monoisotopic (exact) mass is 240 g/mol. The topological polar surface area (TPSA) is 85.2 Å². The minimum absolute atomic E-state index is 0.0973. The van der Waals surface area contributed by atoms with Gasteiger partial charge >= 0.3 is 11.7 Å². The van der Waals surface area contributed by atoms with E-state index < -0.39 is 10.9 Å². The van der Waals surface area contributed by atoms with Crippen molar-refractivity contribution in [1.82, 2.24) is 4.98 Å². The van der Waals surface area contributed by atoms with E-state index in [0.29, 0.717) is 11.3 Å². The summed E-state index contributed by atoms with van der Waals surface area (Å²) in [7, 11) is 1.19. The standard InChI is InChI=1S/C11H16N2O4/c1-6-8(13(15)16)7(10(14)17-5)12-9(6)11(2,3)4/h12H,1-5H3. The summed E-state index contributed by atoms with van der Waals surface area (Å²) < 4.78 is 4.53. The zero-order chi connectivity index (χ0) is 13.4. The molecule has 0 atom stereocenters. The summed E-state index contributed by atoms with van der Waals surface area (Å²) >= 11 is 0. The van der Waals surface area contributed by atoms with Crippen molar-refractivity contribution < 1.29 is 14.5 Å². The van der Waals surface area contributed by atoms with Crippen LogP contribution in [0, 0.1) is 17.0 Å². The molecule has 0 amide bonds. The van der Waals surface area contributed by atoms with Gasteiger partial charge in [-0.05, 0) is 6.92 Å². The third-order valence-electron chi connectivity index (χ3n) is 2.54. The quantitative estimate of drug-likeness (QED) is 0.488. The first-order valence-corrected chi connectivity index (χ1v) is 5.16. The smallest absolute Gasteiger partial charge is 0.361 e. The Hall–Kier alpha value is -1.85. The number of methoxy groups -OCH3 is 1. The molecule has 17 heavy (non-hydrogen) atoms. The van der Waals surface area contributed by atoms with Crippen molar-refractivity contribution in [3.8, 4) is 0 Å². The van der Waals surface area contributed by atoms with Crippen molar-refractivity contribution in [2.75, 3.05) is 7.11 Å². The molecule has 0 aromatic carbocycles. The van der Waals surface area contributed by atoms with Gasteiger partial charge in [-0.2, -0.15) is 0 Å². The van der Waals surface area contributed by atoms with Gasteiger partial charge in [-0.1, -0.05) is 20.8 Å². The van der Waals surface area contributed by atoms with Crippen LogP contribution >= 0.6 is 0 Å². The normalized spacial score (nSPS) is 11.4. The van der Waals surface area contributed by atoms with E-state index in [1.807, 2.05) is 20.8 Å². The minimum Gasteiger partial charge on any atom is -0.464 e. The van der Waals surface area contributed by atoms with Gasteiger partial charge < -0.3 is 9.72 Å². The van der Waals surface area contributed by atoms with Gasteiger partial charge in [0.2, 0.25) is 5.69 Å². The van der Waals surface area contributed by atoms with Crippen LogP contribution < -0.4 is 0 Å². The number of ether oxygens (including phenoxy) is 1. The van der Waals surface area contributed by atoms with Crippen LogP contribution in [0.15, 0.2) is 0 Å². The molecule has 0 bridgehead atoms. The number of carbonyl (C=O) groups is 1. The van der Waals surface area contributed by atoms with E-state index in [1.54, 1.807) is 6.92 Å². The average Bonchev–Trinajstić information content (AvgIpc) is 2.54.